The van der Waals surface area contributed by atoms with Crippen LogP contribution in [0.1, 0.15) is 25.7 Å². The fourth-order valence-electron chi connectivity index (χ4n) is 2.42. The van der Waals surface area contributed by atoms with Crippen molar-refractivity contribution in [2.75, 3.05) is 11.9 Å². The van der Waals surface area contributed by atoms with E-state index in [4.69, 9.17) is 28.9 Å². The highest BCUT2D eigenvalue weighted by Crippen LogP contribution is 2.38. The van der Waals surface area contributed by atoms with Crippen molar-refractivity contribution < 1.29 is 4.79 Å². The molecule has 0 bridgehead atoms. The van der Waals surface area contributed by atoms with Crippen LogP contribution in [0.3, 0.4) is 0 Å². The van der Waals surface area contributed by atoms with E-state index in [2.05, 4.69) is 5.32 Å². The fourth-order valence-corrected chi connectivity index (χ4v) is 2.76. The van der Waals surface area contributed by atoms with Crippen LogP contribution in [0.25, 0.3) is 0 Å². The number of anilines is 1. The van der Waals surface area contributed by atoms with Gasteiger partial charge in [-0.05, 0) is 31.0 Å². The van der Waals surface area contributed by atoms with Crippen LogP contribution in [-0.4, -0.2) is 12.5 Å². The third-order valence-electron chi connectivity index (χ3n) is 3.61. The van der Waals surface area contributed by atoms with E-state index in [0.29, 0.717) is 22.3 Å². The summed E-state index contributed by atoms with van der Waals surface area (Å²) < 4.78 is 0. The van der Waals surface area contributed by atoms with Crippen molar-refractivity contribution in [2.45, 2.75) is 25.7 Å². The normalized spacial score (nSPS) is 17.7. The highest BCUT2D eigenvalue weighted by Gasteiger charge is 2.39. The Morgan fingerprint density at radius 2 is 2.00 bits per heavy atom. The number of rotatable bonds is 3. The smallest absolute Gasteiger partial charge is 0.231 e. The van der Waals surface area contributed by atoms with Crippen LogP contribution in [0.5, 0.6) is 0 Å². The molecule has 1 fully saturated rings. The van der Waals surface area contributed by atoms with Crippen LogP contribution in [0, 0.1) is 5.41 Å². The van der Waals surface area contributed by atoms with Gasteiger partial charge in [0.25, 0.3) is 0 Å². The Hall–Kier alpha value is -0.770. The number of halogens is 2. The molecule has 0 heterocycles. The molecule has 1 amide bonds. The number of carbonyl (C=O) groups is 1. The molecule has 1 aromatic rings. The maximum absolute atomic E-state index is 12.3. The summed E-state index contributed by atoms with van der Waals surface area (Å²) in [6.07, 6.45) is 3.78. The van der Waals surface area contributed by atoms with Crippen molar-refractivity contribution in [2.24, 2.45) is 11.1 Å². The molecule has 1 aromatic carbocycles. The number of amides is 1. The SMILES string of the molecule is NCC1(C(=O)Nc2cc(Cl)ccc2Cl)CCCC1. The highest BCUT2D eigenvalue weighted by molar-refractivity contribution is 6.35. The van der Waals surface area contributed by atoms with E-state index in [9.17, 15) is 4.79 Å². The molecule has 0 aliphatic heterocycles. The molecule has 1 aliphatic rings. The molecule has 3 N–H and O–H groups in total. The van der Waals surface area contributed by atoms with E-state index >= 15 is 0 Å². The minimum atomic E-state index is -0.439. The van der Waals surface area contributed by atoms with Gasteiger partial charge in [0.2, 0.25) is 5.91 Å². The summed E-state index contributed by atoms with van der Waals surface area (Å²) in [7, 11) is 0. The fraction of sp³-hybridized carbons (Fsp3) is 0.462. The van der Waals surface area contributed by atoms with Crippen LogP contribution < -0.4 is 11.1 Å². The van der Waals surface area contributed by atoms with Gasteiger partial charge in [-0.25, -0.2) is 0 Å². The second-order valence-electron chi connectivity index (χ2n) is 4.77. The highest BCUT2D eigenvalue weighted by atomic mass is 35.5. The van der Waals surface area contributed by atoms with Crippen LogP contribution in [0.4, 0.5) is 5.69 Å². The van der Waals surface area contributed by atoms with Crippen LogP contribution in [-0.2, 0) is 4.79 Å². The molecular weight excluding hydrogens is 271 g/mol. The molecule has 0 unspecified atom stereocenters. The maximum atomic E-state index is 12.3. The van der Waals surface area contributed by atoms with Gasteiger partial charge in [-0.3, -0.25) is 4.79 Å². The van der Waals surface area contributed by atoms with Gasteiger partial charge in [0.15, 0.2) is 0 Å². The number of hydrogen-bond donors (Lipinski definition) is 2. The molecule has 0 aromatic heterocycles. The first-order chi connectivity index (χ1) is 8.57. The van der Waals surface area contributed by atoms with E-state index < -0.39 is 5.41 Å². The molecule has 1 saturated carbocycles. The van der Waals surface area contributed by atoms with Gasteiger partial charge in [0, 0.05) is 11.6 Å². The van der Waals surface area contributed by atoms with E-state index in [1.54, 1.807) is 18.2 Å². The Kier molecular flexibility index (Phi) is 4.15. The Labute approximate surface area is 117 Å². The quantitative estimate of drug-likeness (QED) is 0.894. The summed E-state index contributed by atoms with van der Waals surface area (Å²) in [6, 6.07) is 5.01. The van der Waals surface area contributed by atoms with Gasteiger partial charge >= 0.3 is 0 Å². The van der Waals surface area contributed by atoms with Crippen LogP contribution >= 0.6 is 23.2 Å². The van der Waals surface area contributed by atoms with Crippen molar-refractivity contribution >= 4 is 34.8 Å². The average molecular weight is 287 g/mol. The Bertz CT molecular complexity index is 456. The molecule has 0 spiro atoms. The third kappa shape index (κ3) is 2.63. The zero-order valence-corrected chi connectivity index (χ0v) is 11.5. The monoisotopic (exact) mass is 286 g/mol. The molecule has 1 aliphatic carbocycles. The first kappa shape index (κ1) is 13.7. The van der Waals surface area contributed by atoms with Crippen molar-refractivity contribution in [3.8, 4) is 0 Å². The molecule has 0 saturated heterocycles. The van der Waals surface area contributed by atoms with Gasteiger partial charge in [0.05, 0.1) is 16.1 Å². The molecule has 18 heavy (non-hydrogen) atoms. The van der Waals surface area contributed by atoms with E-state index in [1.165, 1.54) is 0 Å². The third-order valence-corrected chi connectivity index (χ3v) is 4.17. The lowest BCUT2D eigenvalue weighted by Gasteiger charge is -2.26. The summed E-state index contributed by atoms with van der Waals surface area (Å²) in [5.41, 5.74) is 5.88. The van der Waals surface area contributed by atoms with Gasteiger partial charge < -0.3 is 11.1 Å². The lowest BCUT2D eigenvalue weighted by Crippen LogP contribution is -2.40. The Morgan fingerprint density at radius 3 is 2.61 bits per heavy atom. The minimum Gasteiger partial charge on any atom is -0.329 e. The van der Waals surface area contributed by atoms with Crippen molar-refractivity contribution in [1.29, 1.82) is 0 Å². The van der Waals surface area contributed by atoms with Gasteiger partial charge in [-0.15, -0.1) is 0 Å². The lowest BCUT2D eigenvalue weighted by molar-refractivity contribution is -0.124. The summed E-state index contributed by atoms with van der Waals surface area (Å²) >= 11 is 11.9. The molecule has 98 valence electrons. The van der Waals surface area contributed by atoms with Gasteiger partial charge in [-0.1, -0.05) is 36.0 Å². The summed E-state index contributed by atoms with van der Waals surface area (Å²) in [5.74, 6) is -0.0494. The number of nitrogens with two attached hydrogens (primary N) is 1. The van der Waals surface area contributed by atoms with Crippen molar-refractivity contribution in [3.05, 3.63) is 28.2 Å². The second kappa shape index (κ2) is 5.47. The zero-order valence-electron chi connectivity index (χ0n) is 10.0. The molecule has 3 nitrogen and oxygen atoms in total. The van der Waals surface area contributed by atoms with E-state index in [-0.39, 0.29) is 5.91 Å². The van der Waals surface area contributed by atoms with Crippen molar-refractivity contribution in [1.82, 2.24) is 0 Å². The predicted molar refractivity (Wildman–Crippen MR) is 75.0 cm³/mol. The minimum absolute atomic E-state index is 0.0494. The first-order valence-corrected chi connectivity index (χ1v) is 6.79. The first-order valence-electron chi connectivity index (χ1n) is 6.04. The summed E-state index contributed by atoms with van der Waals surface area (Å²) in [4.78, 5) is 12.3. The Morgan fingerprint density at radius 1 is 1.33 bits per heavy atom. The summed E-state index contributed by atoms with van der Waals surface area (Å²) in [5, 5.41) is 3.88. The number of hydrogen-bond acceptors (Lipinski definition) is 2. The topological polar surface area (TPSA) is 55.1 Å². The second-order valence-corrected chi connectivity index (χ2v) is 5.61. The molecule has 0 radical (unpaired) electrons. The summed E-state index contributed by atoms with van der Waals surface area (Å²) in [6.45, 7) is 0.372. The largest absolute Gasteiger partial charge is 0.329 e. The average Bonchev–Trinajstić information content (AvgIpc) is 2.84. The zero-order chi connectivity index (χ0) is 13.2. The molecular formula is C13H16Cl2N2O. The van der Waals surface area contributed by atoms with Crippen LogP contribution in [0.15, 0.2) is 18.2 Å². The van der Waals surface area contributed by atoms with Gasteiger partial charge in [0.1, 0.15) is 0 Å². The molecule has 2 rings (SSSR count). The Balaban J connectivity index is 2.18. The molecule has 5 heteroatoms. The van der Waals surface area contributed by atoms with Crippen LogP contribution in [0.2, 0.25) is 10.0 Å². The van der Waals surface area contributed by atoms with E-state index in [0.717, 1.165) is 25.7 Å². The number of nitrogens with one attached hydrogen (secondary N) is 1. The van der Waals surface area contributed by atoms with Crippen molar-refractivity contribution in [3.63, 3.8) is 0 Å². The number of benzene rings is 1. The predicted octanol–water partition coefficient (Wildman–Crippen LogP) is 3.45. The van der Waals surface area contributed by atoms with Gasteiger partial charge in [-0.2, -0.15) is 0 Å². The van der Waals surface area contributed by atoms with E-state index in [1.807, 2.05) is 0 Å². The lowest BCUT2D eigenvalue weighted by atomic mass is 9.85. The number of carbonyl (C=O) groups excluding carboxylic acids is 1. The molecule has 0 atom stereocenters. The maximum Gasteiger partial charge on any atom is 0.231 e. The standard InChI is InChI=1S/C13H16Cl2N2O/c14-9-3-4-10(15)11(7-9)17-12(18)13(8-16)5-1-2-6-13/h3-4,7H,1-2,5-6,8,16H2,(H,17,18).